The van der Waals surface area contributed by atoms with Crippen LogP contribution in [0.5, 0.6) is 0 Å². The molecule has 17 heteroatoms. The lowest BCUT2D eigenvalue weighted by Crippen LogP contribution is -2.61. The van der Waals surface area contributed by atoms with Crippen molar-refractivity contribution in [2.24, 2.45) is 11.8 Å². The Hall–Kier alpha value is -3.74. The fourth-order valence-corrected chi connectivity index (χ4v) is 9.46. The van der Waals surface area contributed by atoms with Crippen LogP contribution in [0, 0.1) is 11.8 Å². The van der Waals surface area contributed by atoms with Gasteiger partial charge in [-0.1, -0.05) is 38.1 Å². The van der Waals surface area contributed by atoms with E-state index in [-0.39, 0.29) is 24.5 Å². The molecule has 5 rings (SSSR count). The van der Waals surface area contributed by atoms with E-state index < -0.39 is 77.3 Å². The number of benzene rings is 1. The molecule has 0 saturated carbocycles. The first kappa shape index (κ1) is 47.3. The highest BCUT2D eigenvalue weighted by Crippen LogP contribution is 2.41. The summed E-state index contributed by atoms with van der Waals surface area (Å²) in [4.78, 5) is 45.6. The number of halogens is 1. The highest BCUT2D eigenvalue weighted by atomic mass is 19.1. The highest BCUT2D eigenvalue weighted by Gasteiger charge is 2.60. The number of ketones is 1. The van der Waals surface area contributed by atoms with Gasteiger partial charge >= 0.3 is 12.1 Å². The second-order valence-electron chi connectivity index (χ2n) is 18.0. The number of alkyl halides is 1. The molecular weight excluding hydrogens is 778 g/mol. The molecule has 0 aliphatic carbocycles. The van der Waals surface area contributed by atoms with Crippen LogP contribution in [0.4, 0.5) is 14.9 Å². The van der Waals surface area contributed by atoms with Crippen molar-refractivity contribution < 1.29 is 47.6 Å². The number of ether oxygens (including phenoxy) is 5. The van der Waals surface area contributed by atoms with Gasteiger partial charge in [0.15, 0.2) is 17.7 Å². The zero-order valence-corrected chi connectivity index (χ0v) is 37.2. The summed E-state index contributed by atoms with van der Waals surface area (Å²) in [6, 6.07) is 6.06. The number of aryl methyl sites for hydroxylation is 1. The minimum absolute atomic E-state index is 0.115. The summed E-state index contributed by atoms with van der Waals surface area (Å²) in [6.07, 6.45) is -1.26. The van der Waals surface area contributed by atoms with Gasteiger partial charge in [-0.25, -0.2) is 14.0 Å². The predicted octanol–water partition coefficient (Wildman–Crippen LogP) is 4.38. The van der Waals surface area contributed by atoms with E-state index in [0.29, 0.717) is 56.7 Å². The number of aliphatic hydroxyl groups is 1. The molecule has 1 aromatic carbocycles. The Morgan fingerprint density at radius 2 is 1.80 bits per heavy atom. The van der Waals surface area contributed by atoms with Gasteiger partial charge in [0.05, 0.1) is 30.0 Å². The number of nitrogens with one attached hydrogen (secondary N) is 1. The number of esters is 1. The van der Waals surface area contributed by atoms with Crippen molar-refractivity contribution in [2.45, 2.75) is 160 Å². The maximum Gasteiger partial charge on any atom is 0.410 e. The molecule has 2 aromatic rings. The van der Waals surface area contributed by atoms with E-state index in [9.17, 15) is 19.5 Å². The van der Waals surface area contributed by atoms with Crippen molar-refractivity contribution in [1.82, 2.24) is 30.1 Å². The summed E-state index contributed by atoms with van der Waals surface area (Å²) in [5.74, 6) is -3.86. The number of methoxy groups -OCH3 is 1. The molecule has 4 unspecified atom stereocenters. The van der Waals surface area contributed by atoms with Gasteiger partial charge in [0.2, 0.25) is 0 Å². The molecule has 3 saturated heterocycles. The van der Waals surface area contributed by atoms with Gasteiger partial charge < -0.3 is 44.7 Å². The molecule has 0 spiro atoms. The second-order valence-corrected chi connectivity index (χ2v) is 18.0. The number of unbranched alkanes of at least 4 members (excludes halogenated alkanes) is 1. The number of rotatable bonds is 11. The summed E-state index contributed by atoms with van der Waals surface area (Å²) in [6.45, 7) is 14.8. The third-order valence-corrected chi connectivity index (χ3v) is 12.8. The lowest BCUT2D eigenvalue weighted by Gasteiger charge is -2.47. The number of amides is 1. The Balaban J connectivity index is 1.40. The number of hydrogen-bond acceptors (Lipinski definition) is 14. The van der Waals surface area contributed by atoms with Crippen molar-refractivity contribution in [3.8, 4) is 11.3 Å². The highest BCUT2D eigenvalue weighted by molar-refractivity contribution is 6.07. The number of nitrogens with two attached hydrogens (primary N) is 1. The molecule has 3 fully saturated rings. The Kier molecular flexibility index (Phi) is 15.1. The van der Waals surface area contributed by atoms with Gasteiger partial charge in [0.25, 0.3) is 5.67 Å². The van der Waals surface area contributed by atoms with Crippen molar-refractivity contribution in [3.63, 3.8) is 0 Å². The molecule has 60 heavy (non-hydrogen) atoms. The normalized spacial score (nSPS) is 37.3. The molecule has 3 aliphatic heterocycles. The van der Waals surface area contributed by atoms with Gasteiger partial charge in [0.1, 0.15) is 17.9 Å². The van der Waals surface area contributed by atoms with E-state index in [1.807, 2.05) is 64.2 Å². The van der Waals surface area contributed by atoms with Crippen LogP contribution in [0.15, 0.2) is 30.5 Å². The quantitative estimate of drug-likeness (QED) is 0.125. The van der Waals surface area contributed by atoms with E-state index in [4.69, 9.17) is 29.4 Å². The number of carbonyl (C=O) groups is 3. The van der Waals surface area contributed by atoms with Gasteiger partial charge in [-0.15, -0.1) is 5.10 Å². The average molecular weight is 846 g/mol. The number of hydrogen-bond donors (Lipinski definition) is 3. The van der Waals surface area contributed by atoms with Crippen LogP contribution in [0.3, 0.4) is 0 Å². The number of carbonyl (C=O) groups excluding carboxylic acids is 3. The van der Waals surface area contributed by atoms with Crippen LogP contribution in [-0.4, -0.2) is 148 Å². The summed E-state index contributed by atoms with van der Waals surface area (Å²) in [5, 5.41) is 23.6. The van der Waals surface area contributed by atoms with Crippen molar-refractivity contribution >= 4 is 23.5 Å². The average Bonchev–Trinajstić information content (AvgIpc) is 3.77. The van der Waals surface area contributed by atoms with E-state index >= 15 is 4.39 Å². The molecular formula is C43H68FN7O9. The number of aliphatic hydroxyl groups excluding tert-OH is 1. The Morgan fingerprint density at radius 3 is 2.45 bits per heavy atom. The fraction of sp³-hybridized carbons (Fsp3) is 0.744. The van der Waals surface area contributed by atoms with Gasteiger partial charge in [-0.3, -0.25) is 14.4 Å². The Labute approximate surface area is 353 Å². The first-order chi connectivity index (χ1) is 28.2. The minimum atomic E-state index is -3.13. The number of fused-ring (bicyclic) bond motifs is 1. The molecule has 3 aliphatic rings. The lowest BCUT2D eigenvalue weighted by molar-refractivity contribution is -0.295. The van der Waals surface area contributed by atoms with Crippen LogP contribution in [-0.2, 0) is 39.8 Å². The molecule has 336 valence electrons. The third kappa shape index (κ3) is 9.97. The van der Waals surface area contributed by atoms with Crippen LogP contribution >= 0.6 is 0 Å². The summed E-state index contributed by atoms with van der Waals surface area (Å²) >= 11 is 0. The summed E-state index contributed by atoms with van der Waals surface area (Å²) in [5.41, 5.74) is 2.37. The summed E-state index contributed by atoms with van der Waals surface area (Å²) < 4.78 is 49.6. The number of nitrogens with zero attached hydrogens (tertiary/aromatic N) is 5. The van der Waals surface area contributed by atoms with E-state index in [0.717, 1.165) is 12.5 Å². The largest absolute Gasteiger partial charge is 0.455 e. The smallest absolute Gasteiger partial charge is 0.410 e. The number of likely N-dealkylation sites (N-methyl/N-ethyl adjacent to an activating group) is 1. The molecule has 0 bridgehead atoms. The monoisotopic (exact) mass is 846 g/mol. The number of cyclic esters (lactones) is 1. The van der Waals surface area contributed by atoms with Crippen molar-refractivity contribution in [3.05, 3.63) is 30.5 Å². The van der Waals surface area contributed by atoms with Crippen molar-refractivity contribution in [1.29, 1.82) is 0 Å². The van der Waals surface area contributed by atoms with Crippen LogP contribution in [0.25, 0.3) is 11.3 Å². The fourth-order valence-electron chi connectivity index (χ4n) is 9.46. The number of aromatic nitrogens is 3. The van der Waals surface area contributed by atoms with Crippen LogP contribution in [0.2, 0.25) is 0 Å². The molecule has 4 N–H and O–H groups in total. The van der Waals surface area contributed by atoms with Crippen LogP contribution in [0.1, 0.15) is 87.5 Å². The standard InChI is InChI=1S/C43H68FN7O9/c1-12-33-43(8)35(51(40(55)60-43)19-14-13-18-50-24-31(47-48-50)29-16-15-17-30(45)21-29)28(5)46-23-25(2)22-41(6,56-11)37(27(4)36(53)42(7,44)39(54)58-33)59-38-34(52)32(49(9)10)20-26(3)57-38/h15-17,21,24-28,32-35,37-38,46,52H,12-14,18-20,22-23,45H2,1-11H3/t25-,26?,27-,28-,32?,33-,34?,35-,37-,38+,41-,42?,43-/m1/s1. The van der Waals surface area contributed by atoms with Gasteiger partial charge in [0, 0.05) is 49.5 Å². The topological polar surface area (TPSA) is 193 Å². The Morgan fingerprint density at radius 1 is 1.10 bits per heavy atom. The molecule has 0 radical (unpaired) electrons. The third-order valence-electron chi connectivity index (χ3n) is 12.8. The maximum absolute atomic E-state index is 17.0. The zero-order valence-electron chi connectivity index (χ0n) is 37.2. The zero-order chi connectivity index (χ0) is 44.3. The molecule has 16 nitrogen and oxygen atoms in total. The van der Waals surface area contributed by atoms with E-state index in [2.05, 4.69) is 15.6 Å². The predicted molar refractivity (Wildman–Crippen MR) is 222 cm³/mol. The van der Waals surface area contributed by atoms with E-state index in [1.54, 1.807) is 36.4 Å². The number of Topliss-reactive ketones (excluding diaryl/α,β-unsaturated/α-hetero) is 1. The molecule has 1 amide bonds. The molecule has 4 heterocycles. The second kappa shape index (κ2) is 19.1. The maximum atomic E-state index is 17.0. The molecule has 13 atom stereocenters. The first-order valence-corrected chi connectivity index (χ1v) is 21.3. The first-order valence-electron chi connectivity index (χ1n) is 21.3. The molecule has 1 aromatic heterocycles. The summed E-state index contributed by atoms with van der Waals surface area (Å²) in [7, 11) is 5.20. The van der Waals surface area contributed by atoms with Gasteiger partial charge in [-0.2, -0.15) is 0 Å². The minimum Gasteiger partial charge on any atom is -0.455 e. The van der Waals surface area contributed by atoms with Gasteiger partial charge in [-0.05, 0) is 105 Å². The lowest BCUT2D eigenvalue weighted by atomic mass is 9.78. The van der Waals surface area contributed by atoms with Crippen LogP contribution < -0.4 is 11.1 Å². The Bertz CT molecular complexity index is 1800. The van der Waals surface area contributed by atoms with E-state index in [1.165, 1.54) is 14.0 Å². The number of nitrogen functional groups attached to an aromatic ring is 1. The SMILES string of the molecule is CC[C@H]1OC(=O)C(C)(F)C(=O)[C@@H](C)[C@@H](O[C@@H]2OC(C)CC(N(C)C)C2O)[C@](C)(OC)C[C@@H](C)CN[C@H](C)[C@H]2N(CCCCn3cc(-c4cccc(N)c4)nn3)C(=O)O[C@]12C. The van der Waals surface area contributed by atoms with Crippen molar-refractivity contribution in [2.75, 3.05) is 40.0 Å². The number of anilines is 1.